The summed E-state index contributed by atoms with van der Waals surface area (Å²) in [6.45, 7) is 5.20. The fourth-order valence-corrected chi connectivity index (χ4v) is 2.60. The lowest BCUT2D eigenvalue weighted by Gasteiger charge is -2.17. The normalized spacial score (nSPS) is 16.6. The van der Waals surface area contributed by atoms with Crippen molar-refractivity contribution in [3.63, 3.8) is 0 Å². The van der Waals surface area contributed by atoms with Gasteiger partial charge in [0.2, 0.25) is 0 Å². The van der Waals surface area contributed by atoms with Crippen LogP contribution in [-0.4, -0.2) is 18.1 Å². The van der Waals surface area contributed by atoms with Gasteiger partial charge in [0.05, 0.1) is 12.3 Å². The van der Waals surface area contributed by atoms with Crippen LogP contribution in [0.4, 0.5) is 5.82 Å². The van der Waals surface area contributed by atoms with Crippen molar-refractivity contribution < 1.29 is 4.42 Å². The number of hydrogen-bond acceptors (Lipinski definition) is 4. The van der Waals surface area contributed by atoms with E-state index >= 15 is 0 Å². The molecule has 3 rings (SSSR count). The van der Waals surface area contributed by atoms with Crippen LogP contribution in [0, 0.1) is 0 Å². The zero-order valence-corrected chi connectivity index (χ0v) is 11.9. The van der Waals surface area contributed by atoms with Crippen molar-refractivity contribution in [2.45, 2.75) is 32.4 Å². The maximum Gasteiger partial charge on any atom is 0.128 e. The van der Waals surface area contributed by atoms with Crippen LogP contribution >= 0.6 is 0 Å². The van der Waals surface area contributed by atoms with Crippen molar-refractivity contribution >= 4 is 5.82 Å². The van der Waals surface area contributed by atoms with Gasteiger partial charge in [0, 0.05) is 25.8 Å². The molecule has 0 bridgehead atoms. The third-order valence-corrected chi connectivity index (χ3v) is 3.82. The molecule has 0 aliphatic carbocycles. The molecule has 0 amide bonds. The Morgan fingerprint density at radius 2 is 2.20 bits per heavy atom. The van der Waals surface area contributed by atoms with E-state index < -0.39 is 0 Å². The average Bonchev–Trinajstić information content (AvgIpc) is 3.17. The van der Waals surface area contributed by atoms with E-state index in [0.717, 1.165) is 31.2 Å². The Kier molecular flexibility index (Phi) is 4.02. The molecule has 1 aliphatic rings. The highest BCUT2D eigenvalue weighted by Gasteiger charge is 2.14. The van der Waals surface area contributed by atoms with Gasteiger partial charge in [0.1, 0.15) is 11.6 Å². The molecule has 0 saturated carbocycles. The molecule has 1 saturated heterocycles. The summed E-state index contributed by atoms with van der Waals surface area (Å²) in [5.74, 6) is 2.08. The number of nitrogens with one attached hydrogen (secondary N) is 1. The van der Waals surface area contributed by atoms with Gasteiger partial charge in [-0.1, -0.05) is 0 Å². The Hall–Kier alpha value is -1.81. The van der Waals surface area contributed by atoms with E-state index in [2.05, 4.69) is 34.3 Å². The van der Waals surface area contributed by atoms with Crippen molar-refractivity contribution in [2.75, 3.05) is 18.0 Å². The van der Waals surface area contributed by atoms with Gasteiger partial charge in [0.25, 0.3) is 0 Å². The Morgan fingerprint density at radius 1 is 1.35 bits per heavy atom. The standard InChI is InChI=1S/C16H21N3O/c1-13(15-5-4-10-20-15)18-12-14-6-7-17-16(11-14)19-8-2-3-9-19/h4-7,10-11,13,18H,2-3,8-9,12H2,1H3. The number of furan rings is 1. The van der Waals surface area contributed by atoms with Gasteiger partial charge in [-0.3, -0.25) is 0 Å². The van der Waals surface area contributed by atoms with Crippen LogP contribution in [0.3, 0.4) is 0 Å². The molecule has 106 valence electrons. The first-order valence-electron chi connectivity index (χ1n) is 7.29. The summed E-state index contributed by atoms with van der Waals surface area (Å²) < 4.78 is 5.41. The third-order valence-electron chi connectivity index (χ3n) is 3.82. The maximum absolute atomic E-state index is 5.41. The summed E-state index contributed by atoms with van der Waals surface area (Å²) in [7, 11) is 0. The number of nitrogens with zero attached hydrogens (tertiary/aromatic N) is 2. The largest absolute Gasteiger partial charge is 0.468 e. The zero-order chi connectivity index (χ0) is 13.8. The van der Waals surface area contributed by atoms with Crippen molar-refractivity contribution in [1.29, 1.82) is 0 Å². The first kappa shape index (κ1) is 13.2. The van der Waals surface area contributed by atoms with E-state index in [9.17, 15) is 0 Å². The fraction of sp³-hybridized carbons (Fsp3) is 0.438. The molecule has 0 radical (unpaired) electrons. The zero-order valence-electron chi connectivity index (χ0n) is 11.9. The Morgan fingerprint density at radius 3 is 2.95 bits per heavy atom. The second-order valence-corrected chi connectivity index (χ2v) is 5.33. The number of aromatic nitrogens is 1. The maximum atomic E-state index is 5.41. The van der Waals surface area contributed by atoms with Gasteiger partial charge in [-0.05, 0) is 49.6 Å². The minimum atomic E-state index is 0.216. The van der Waals surface area contributed by atoms with E-state index in [1.54, 1.807) is 6.26 Å². The van der Waals surface area contributed by atoms with E-state index in [1.807, 2.05) is 18.3 Å². The van der Waals surface area contributed by atoms with Crippen LogP contribution in [0.25, 0.3) is 0 Å². The molecule has 20 heavy (non-hydrogen) atoms. The average molecular weight is 271 g/mol. The molecular weight excluding hydrogens is 250 g/mol. The van der Waals surface area contributed by atoms with Crippen molar-refractivity contribution in [1.82, 2.24) is 10.3 Å². The van der Waals surface area contributed by atoms with Gasteiger partial charge >= 0.3 is 0 Å². The second-order valence-electron chi connectivity index (χ2n) is 5.33. The number of rotatable bonds is 5. The quantitative estimate of drug-likeness (QED) is 0.907. The molecule has 1 fully saturated rings. The highest BCUT2D eigenvalue weighted by molar-refractivity contribution is 5.41. The molecule has 3 heterocycles. The SMILES string of the molecule is CC(NCc1ccnc(N2CCCC2)c1)c1ccco1. The van der Waals surface area contributed by atoms with Gasteiger partial charge in [-0.25, -0.2) is 4.98 Å². The lowest BCUT2D eigenvalue weighted by molar-refractivity contribution is 0.430. The fourth-order valence-electron chi connectivity index (χ4n) is 2.60. The van der Waals surface area contributed by atoms with Crippen molar-refractivity contribution in [2.24, 2.45) is 0 Å². The minimum absolute atomic E-state index is 0.216. The summed E-state index contributed by atoms with van der Waals surface area (Å²) in [6, 6.07) is 8.40. The molecule has 2 aromatic heterocycles. The molecule has 4 nitrogen and oxygen atoms in total. The molecule has 1 N–H and O–H groups in total. The highest BCUT2D eigenvalue weighted by atomic mass is 16.3. The van der Waals surface area contributed by atoms with Crippen LogP contribution in [-0.2, 0) is 6.54 Å². The van der Waals surface area contributed by atoms with Crippen molar-refractivity contribution in [3.05, 3.63) is 48.0 Å². The van der Waals surface area contributed by atoms with Crippen LogP contribution in [0.2, 0.25) is 0 Å². The molecule has 0 aromatic carbocycles. The Balaban J connectivity index is 1.61. The molecule has 4 heteroatoms. The van der Waals surface area contributed by atoms with E-state index in [-0.39, 0.29) is 6.04 Å². The smallest absolute Gasteiger partial charge is 0.128 e. The monoisotopic (exact) mass is 271 g/mol. The van der Waals surface area contributed by atoms with Crippen LogP contribution in [0.1, 0.15) is 37.1 Å². The summed E-state index contributed by atoms with van der Waals surface area (Å²) in [5, 5.41) is 3.48. The van der Waals surface area contributed by atoms with E-state index in [4.69, 9.17) is 4.42 Å². The molecule has 2 aromatic rings. The Bertz CT molecular complexity index is 532. The van der Waals surface area contributed by atoms with Crippen LogP contribution in [0.15, 0.2) is 41.1 Å². The molecule has 1 atom stereocenters. The van der Waals surface area contributed by atoms with E-state index in [0.29, 0.717) is 0 Å². The minimum Gasteiger partial charge on any atom is -0.468 e. The molecule has 0 spiro atoms. The topological polar surface area (TPSA) is 41.3 Å². The van der Waals surface area contributed by atoms with Gasteiger partial charge in [-0.2, -0.15) is 0 Å². The Labute approximate surface area is 119 Å². The lowest BCUT2D eigenvalue weighted by atomic mass is 10.2. The first-order chi connectivity index (χ1) is 9.83. The summed E-state index contributed by atoms with van der Waals surface area (Å²) in [4.78, 5) is 6.84. The second kappa shape index (κ2) is 6.09. The lowest BCUT2D eigenvalue weighted by Crippen LogP contribution is -2.20. The summed E-state index contributed by atoms with van der Waals surface area (Å²) in [6.07, 6.45) is 6.17. The predicted octanol–water partition coefficient (Wildman–Crippen LogP) is 3.13. The molecule has 1 aliphatic heterocycles. The number of hydrogen-bond donors (Lipinski definition) is 1. The van der Waals surface area contributed by atoms with Crippen LogP contribution in [0.5, 0.6) is 0 Å². The van der Waals surface area contributed by atoms with E-state index in [1.165, 1.54) is 18.4 Å². The number of anilines is 1. The predicted molar refractivity (Wildman–Crippen MR) is 79.6 cm³/mol. The molecule has 1 unspecified atom stereocenters. The summed E-state index contributed by atoms with van der Waals surface area (Å²) >= 11 is 0. The highest BCUT2D eigenvalue weighted by Crippen LogP contribution is 2.19. The van der Waals surface area contributed by atoms with Crippen molar-refractivity contribution in [3.8, 4) is 0 Å². The molecular formula is C16H21N3O. The number of pyridine rings is 1. The summed E-state index contributed by atoms with van der Waals surface area (Å²) in [5.41, 5.74) is 1.26. The van der Waals surface area contributed by atoms with Gasteiger partial charge in [-0.15, -0.1) is 0 Å². The van der Waals surface area contributed by atoms with Gasteiger partial charge in [0.15, 0.2) is 0 Å². The van der Waals surface area contributed by atoms with Crippen LogP contribution < -0.4 is 10.2 Å². The third kappa shape index (κ3) is 3.02. The van der Waals surface area contributed by atoms with Gasteiger partial charge < -0.3 is 14.6 Å². The first-order valence-corrected chi connectivity index (χ1v) is 7.29.